The molecule has 0 bridgehead atoms. The predicted octanol–water partition coefficient (Wildman–Crippen LogP) is 3.72. The van der Waals surface area contributed by atoms with Crippen LogP contribution in [0.2, 0.25) is 5.02 Å². The van der Waals surface area contributed by atoms with Crippen molar-refractivity contribution in [2.45, 2.75) is 18.9 Å². The molecule has 2 aromatic carbocycles. The third-order valence-electron chi connectivity index (χ3n) is 5.08. The predicted molar refractivity (Wildman–Crippen MR) is 128 cm³/mol. The third-order valence-corrected chi connectivity index (χ3v) is 6.42. The highest BCUT2D eigenvalue weighted by Gasteiger charge is 2.28. The minimum atomic E-state index is -0.883. The van der Waals surface area contributed by atoms with Gasteiger partial charge < -0.3 is 20.7 Å². The SMILES string of the molecule is COC(=O)c1nc(NC(=O)CCC2NC(=O)c3ccccc3NC2=O)sc1-c1ccccc1Cl. The summed E-state index contributed by atoms with van der Waals surface area (Å²) in [6, 6.07) is 12.7. The molecule has 3 N–H and O–H groups in total. The number of thiazole rings is 1. The van der Waals surface area contributed by atoms with Gasteiger partial charge >= 0.3 is 5.97 Å². The van der Waals surface area contributed by atoms with Crippen LogP contribution in [0, 0.1) is 0 Å². The number of carbonyl (C=O) groups excluding carboxylic acids is 4. The first-order chi connectivity index (χ1) is 16.4. The van der Waals surface area contributed by atoms with Crippen molar-refractivity contribution in [2.75, 3.05) is 17.7 Å². The lowest BCUT2D eigenvalue weighted by Gasteiger charge is -2.13. The van der Waals surface area contributed by atoms with E-state index in [0.29, 0.717) is 26.7 Å². The number of anilines is 2. The summed E-state index contributed by atoms with van der Waals surface area (Å²) in [5, 5.41) is 8.60. The Morgan fingerprint density at radius 2 is 1.82 bits per heavy atom. The number of nitrogens with one attached hydrogen (secondary N) is 3. The zero-order valence-corrected chi connectivity index (χ0v) is 19.5. The van der Waals surface area contributed by atoms with Crippen molar-refractivity contribution in [3.8, 4) is 10.4 Å². The number of fused-ring (bicyclic) bond motifs is 1. The van der Waals surface area contributed by atoms with Crippen LogP contribution in [0.25, 0.3) is 10.4 Å². The average Bonchev–Trinajstić information content (AvgIpc) is 3.19. The van der Waals surface area contributed by atoms with E-state index in [0.717, 1.165) is 11.3 Å². The molecule has 0 saturated heterocycles. The smallest absolute Gasteiger partial charge is 0.358 e. The number of halogens is 1. The van der Waals surface area contributed by atoms with Crippen LogP contribution in [0.1, 0.15) is 33.7 Å². The quantitative estimate of drug-likeness (QED) is 0.444. The standard InChI is InChI=1S/C23H19ClN4O5S/c1-33-22(32)18-19(12-6-2-4-8-14(12)24)34-23(28-18)27-17(29)11-10-16-21(31)25-15-9-5-3-7-13(15)20(30)26-16/h2-9,16H,10-11H2,1H3,(H,25,31)(H,26,30)(H,27,28,29). The van der Waals surface area contributed by atoms with E-state index in [9.17, 15) is 19.2 Å². The van der Waals surface area contributed by atoms with Gasteiger partial charge in [-0.15, -0.1) is 0 Å². The topological polar surface area (TPSA) is 126 Å². The number of methoxy groups -OCH3 is 1. The van der Waals surface area contributed by atoms with E-state index >= 15 is 0 Å². The lowest BCUT2D eigenvalue weighted by molar-refractivity contribution is -0.118. The van der Waals surface area contributed by atoms with E-state index in [2.05, 4.69) is 20.9 Å². The van der Waals surface area contributed by atoms with E-state index in [1.807, 2.05) is 0 Å². The van der Waals surface area contributed by atoms with Crippen molar-refractivity contribution in [2.24, 2.45) is 0 Å². The van der Waals surface area contributed by atoms with Gasteiger partial charge in [-0.05, 0) is 24.6 Å². The summed E-state index contributed by atoms with van der Waals surface area (Å²) < 4.78 is 4.81. The fourth-order valence-electron chi connectivity index (χ4n) is 3.41. The summed E-state index contributed by atoms with van der Waals surface area (Å²) >= 11 is 7.35. The van der Waals surface area contributed by atoms with Crippen LogP contribution < -0.4 is 16.0 Å². The Kier molecular flexibility index (Phi) is 6.90. The van der Waals surface area contributed by atoms with Gasteiger partial charge in [0.2, 0.25) is 11.8 Å². The first-order valence-electron chi connectivity index (χ1n) is 10.2. The summed E-state index contributed by atoms with van der Waals surface area (Å²) in [5.41, 5.74) is 1.39. The Balaban J connectivity index is 1.45. The first-order valence-corrected chi connectivity index (χ1v) is 11.4. The molecule has 0 radical (unpaired) electrons. The number of rotatable bonds is 6. The maximum Gasteiger partial charge on any atom is 0.358 e. The monoisotopic (exact) mass is 498 g/mol. The van der Waals surface area contributed by atoms with Gasteiger partial charge in [0.25, 0.3) is 5.91 Å². The van der Waals surface area contributed by atoms with Crippen molar-refractivity contribution < 1.29 is 23.9 Å². The van der Waals surface area contributed by atoms with E-state index in [-0.39, 0.29) is 23.7 Å². The fourth-order valence-corrected chi connectivity index (χ4v) is 4.70. The molecule has 0 aliphatic carbocycles. The van der Waals surface area contributed by atoms with Gasteiger partial charge in [0.15, 0.2) is 10.8 Å². The lowest BCUT2D eigenvalue weighted by Crippen LogP contribution is -2.41. The highest BCUT2D eigenvalue weighted by Crippen LogP contribution is 2.37. The number of ether oxygens (including phenoxy) is 1. The van der Waals surface area contributed by atoms with Gasteiger partial charge in [0.05, 0.1) is 23.2 Å². The molecule has 34 heavy (non-hydrogen) atoms. The molecule has 9 nitrogen and oxygen atoms in total. The Morgan fingerprint density at radius 1 is 1.12 bits per heavy atom. The Morgan fingerprint density at radius 3 is 2.56 bits per heavy atom. The Labute approximate surface area is 203 Å². The molecular weight excluding hydrogens is 480 g/mol. The maximum absolute atomic E-state index is 12.6. The van der Waals surface area contributed by atoms with Crippen LogP contribution in [0.5, 0.6) is 0 Å². The molecule has 3 amide bonds. The molecule has 1 aliphatic heterocycles. The Hall–Kier alpha value is -3.76. The second-order valence-electron chi connectivity index (χ2n) is 7.32. The summed E-state index contributed by atoms with van der Waals surface area (Å²) in [6.45, 7) is 0. The molecule has 4 rings (SSSR count). The summed E-state index contributed by atoms with van der Waals surface area (Å²) in [5.74, 6) is -1.90. The second-order valence-corrected chi connectivity index (χ2v) is 8.72. The number of para-hydroxylation sites is 1. The molecule has 11 heteroatoms. The average molecular weight is 499 g/mol. The number of hydrogen-bond donors (Lipinski definition) is 3. The number of aromatic nitrogens is 1. The molecule has 174 valence electrons. The van der Waals surface area contributed by atoms with E-state index in [4.69, 9.17) is 16.3 Å². The van der Waals surface area contributed by atoms with Gasteiger partial charge in [-0.3, -0.25) is 14.4 Å². The van der Waals surface area contributed by atoms with Gasteiger partial charge in [-0.2, -0.15) is 0 Å². The lowest BCUT2D eigenvalue weighted by atomic mass is 10.1. The number of hydrogen-bond acceptors (Lipinski definition) is 7. The van der Waals surface area contributed by atoms with Gasteiger partial charge in [0, 0.05) is 17.0 Å². The van der Waals surface area contributed by atoms with E-state index in [1.54, 1.807) is 48.5 Å². The number of carbonyl (C=O) groups is 4. The number of benzene rings is 2. The number of nitrogens with zero attached hydrogens (tertiary/aromatic N) is 1. The number of amides is 3. The zero-order chi connectivity index (χ0) is 24.2. The highest BCUT2D eigenvalue weighted by atomic mass is 35.5. The fraction of sp³-hybridized carbons (Fsp3) is 0.174. The first kappa shape index (κ1) is 23.4. The van der Waals surface area contributed by atoms with E-state index in [1.165, 1.54) is 7.11 Å². The van der Waals surface area contributed by atoms with Crippen molar-refractivity contribution >= 4 is 57.4 Å². The van der Waals surface area contributed by atoms with Crippen LogP contribution in [0.4, 0.5) is 10.8 Å². The van der Waals surface area contributed by atoms with Gasteiger partial charge in [0.1, 0.15) is 6.04 Å². The van der Waals surface area contributed by atoms with Gasteiger partial charge in [-0.25, -0.2) is 9.78 Å². The minimum absolute atomic E-state index is 0.0315. The second kappa shape index (κ2) is 10.0. The molecule has 1 atom stereocenters. The summed E-state index contributed by atoms with van der Waals surface area (Å²) in [4.78, 5) is 54.4. The minimum Gasteiger partial charge on any atom is -0.464 e. The molecule has 1 aromatic heterocycles. The molecule has 0 spiro atoms. The molecule has 1 unspecified atom stereocenters. The molecule has 3 aromatic rings. The maximum atomic E-state index is 12.6. The van der Waals surface area contributed by atoms with Crippen LogP contribution in [-0.4, -0.2) is 41.8 Å². The van der Waals surface area contributed by atoms with Crippen molar-refractivity contribution in [1.29, 1.82) is 0 Å². The molecular formula is C23H19ClN4O5S. The summed E-state index contributed by atoms with van der Waals surface area (Å²) in [6.07, 6.45) is 0.00722. The molecule has 1 aliphatic rings. The molecule has 0 saturated carbocycles. The van der Waals surface area contributed by atoms with Crippen molar-refractivity contribution in [1.82, 2.24) is 10.3 Å². The normalized spacial score (nSPS) is 14.9. The molecule has 0 fully saturated rings. The van der Waals surface area contributed by atoms with Crippen LogP contribution in [-0.2, 0) is 14.3 Å². The summed E-state index contributed by atoms with van der Waals surface area (Å²) in [7, 11) is 1.24. The van der Waals surface area contributed by atoms with Crippen LogP contribution in [0.3, 0.4) is 0 Å². The van der Waals surface area contributed by atoms with Crippen LogP contribution in [0.15, 0.2) is 48.5 Å². The molecule has 2 heterocycles. The van der Waals surface area contributed by atoms with Crippen molar-refractivity contribution in [3.63, 3.8) is 0 Å². The highest BCUT2D eigenvalue weighted by molar-refractivity contribution is 7.19. The van der Waals surface area contributed by atoms with Gasteiger partial charge in [-0.1, -0.05) is 53.3 Å². The Bertz CT molecular complexity index is 1290. The zero-order valence-electron chi connectivity index (χ0n) is 17.9. The van der Waals surface area contributed by atoms with E-state index < -0.39 is 29.7 Å². The van der Waals surface area contributed by atoms with Crippen LogP contribution >= 0.6 is 22.9 Å². The van der Waals surface area contributed by atoms with Crippen molar-refractivity contribution in [3.05, 3.63) is 64.8 Å². The third kappa shape index (κ3) is 4.92. The number of esters is 1. The largest absolute Gasteiger partial charge is 0.464 e.